The Morgan fingerprint density at radius 3 is 2.16 bits per heavy atom. The molecule has 0 aliphatic heterocycles. The molecule has 0 saturated carbocycles. The van der Waals surface area contributed by atoms with Gasteiger partial charge in [0, 0.05) is 0 Å². The molecule has 32 heavy (non-hydrogen) atoms. The molecule has 166 valence electrons. The number of imidazole rings is 1. The number of fused-ring (bicyclic) bond motifs is 1. The van der Waals surface area contributed by atoms with Gasteiger partial charge >= 0.3 is 0 Å². The third-order valence-electron chi connectivity index (χ3n) is 5.74. The van der Waals surface area contributed by atoms with Crippen LogP contribution in [-0.4, -0.2) is 16.2 Å². The van der Waals surface area contributed by atoms with E-state index in [0.29, 0.717) is 19.8 Å². The summed E-state index contributed by atoms with van der Waals surface area (Å²) in [7, 11) is 0. The van der Waals surface area contributed by atoms with Gasteiger partial charge in [-0.3, -0.25) is 0 Å². The van der Waals surface area contributed by atoms with Crippen molar-refractivity contribution < 1.29 is 9.47 Å². The van der Waals surface area contributed by atoms with Crippen molar-refractivity contribution in [2.75, 3.05) is 6.61 Å². The van der Waals surface area contributed by atoms with E-state index >= 15 is 0 Å². The third-order valence-corrected chi connectivity index (χ3v) is 5.74. The average molecular weight is 429 g/mol. The standard InChI is InChI=1S/C28H32N2O2/c1-5-21-10-14-24(15-11-21)32-20-27-29-25-8-6-7-9-26(25)30(27)18-19-31-23-16-12-22(13-17-23)28(2,3)4/h6-17H,5,18-20H2,1-4H3. The Balaban J connectivity index is 1.45. The largest absolute Gasteiger partial charge is 0.492 e. The fourth-order valence-corrected chi connectivity index (χ4v) is 3.76. The van der Waals surface area contributed by atoms with Crippen molar-refractivity contribution in [2.45, 2.75) is 52.7 Å². The zero-order valence-electron chi connectivity index (χ0n) is 19.5. The predicted octanol–water partition coefficient (Wildman–Crippen LogP) is 6.55. The lowest BCUT2D eigenvalue weighted by Crippen LogP contribution is -2.13. The van der Waals surface area contributed by atoms with E-state index in [0.717, 1.165) is 34.8 Å². The molecule has 4 aromatic rings. The van der Waals surface area contributed by atoms with Gasteiger partial charge in [-0.2, -0.15) is 0 Å². The second-order valence-corrected chi connectivity index (χ2v) is 9.08. The van der Waals surface area contributed by atoms with E-state index in [-0.39, 0.29) is 5.41 Å². The number of hydrogen-bond acceptors (Lipinski definition) is 3. The predicted molar refractivity (Wildman–Crippen MR) is 131 cm³/mol. The molecular weight excluding hydrogens is 396 g/mol. The summed E-state index contributed by atoms with van der Waals surface area (Å²) in [5.41, 5.74) is 4.82. The van der Waals surface area contributed by atoms with Crippen LogP contribution in [-0.2, 0) is 25.0 Å². The molecule has 0 fully saturated rings. The van der Waals surface area contributed by atoms with Crippen LogP contribution in [0.4, 0.5) is 0 Å². The average Bonchev–Trinajstić information content (AvgIpc) is 3.15. The van der Waals surface area contributed by atoms with Crippen LogP contribution in [0.3, 0.4) is 0 Å². The van der Waals surface area contributed by atoms with Crippen LogP contribution in [0, 0.1) is 0 Å². The molecule has 0 spiro atoms. The van der Waals surface area contributed by atoms with Crippen molar-refractivity contribution in [2.24, 2.45) is 0 Å². The smallest absolute Gasteiger partial charge is 0.148 e. The van der Waals surface area contributed by atoms with Crippen LogP contribution in [0.25, 0.3) is 11.0 Å². The van der Waals surface area contributed by atoms with Crippen molar-refractivity contribution in [3.63, 3.8) is 0 Å². The van der Waals surface area contributed by atoms with Crippen LogP contribution >= 0.6 is 0 Å². The number of para-hydroxylation sites is 2. The van der Waals surface area contributed by atoms with E-state index in [1.807, 2.05) is 30.3 Å². The first-order valence-electron chi connectivity index (χ1n) is 11.3. The van der Waals surface area contributed by atoms with Gasteiger partial charge in [-0.15, -0.1) is 0 Å². The lowest BCUT2D eigenvalue weighted by Gasteiger charge is -2.19. The lowest BCUT2D eigenvalue weighted by atomic mass is 9.87. The summed E-state index contributed by atoms with van der Waals surface area (Å²) < 4.78 is 14.3. The van der Waals surface area contributed by atoms with Gasteiger partial charge in [-0.1, -0.05) is 64.1 Å². The molecule has 0 aliphatic carbocycles. The molecule has 0 saturated heterocycles. The minimum absolute atomic E-state index is 0.139. The molecule has 0 bridgehead atoms. The van der Waals surface area contributed by atoms with Gasteiger partial charge in [0.15, 0.2) is 0 Å². The van der Waals surface area contributed by atoms with Crippen LogP contribution in [0.1, 0.15) is 44.6 Å². The zero-order valence-corrected chi connectivity index (χ0v) is 19.5. The monoisotopic (exact) mass is 428 g/mol. The Bertz CT molecular complexity index is 1150. The minimum Gasteiger partial charge on any atom is -0.492 e. The summed E-state index contributed by atoms with van der Waals surface area (Å²) in [5.74, 6) is 2.64. The molecule has 0 amide bonds. The van der Waals surface area contributed by atoms with Crippen molar-refractivity contribution in [3.05, 3.63) is 89.7 Å². The summed E-state index contributed by atoms with van der Waals surface area (Å²) in [6.07, 6.45) is 1.02. The highest BCUT2D eigenvalue weighted by Gasteiger charge is 2.14. The van der Waals surface area contributed by atoms with Crippen LogP contribution in [0.2, 0.25) is 0 Å². The third kappa shape index (κ3) is 5.13. The topological polar surface area (TPSA) is 36.3 Å². The summed E-state index contributed by atoms with van der Waals surface area (Å²) >= 11 is 0. The lowest BCUT2D eigenvalue weighted by molar-refractivity contribution is 0.272. The molecule has 1 aromatic heterocycles. The Morgan fingerprint density at radius 1 is 0.812 bits per heavy atom. The molecule has 1 heterocycles. The second kappa shape index (κ2) is 9.47. The van der Waals surface area contributed by atoms with E-state index in [9.17, 15) is 0 Å². The molecular formula is C28H32N2O2. The number of hydrogen-bond donors (Lipinski definition) is 0. The highest BCUT2D eigenvalue weighted by molar-refractivity contribution is 5.75. The first-order chi connectivity index (χ1) is 15.4. The molecule has 0 radical (unpaired) electrons. The normalized spacial score (nSPS) is 11.6. The molecule has 0 N–H and O–H groups in total. The number of benzene rings is 3. The van der Waals surface area contributed by atoms with Gasteiger partial charge in [0.1, 0.15) is 30.5 Å². The Kier molecular flexibility index (Phi) is 6.50. The summed E-state index contributed by atoms with van der Waals surface area (Å²) in [6, 6.07) is 24.9. The molecule has 0 aliphatic rings. The van der Waals surface area contributed by atoms with Crippen molar-refractivity contribution >= 4 is 11.0 Å². The quantitative estimate of drug-likeness (QED) is 0.319. The summed E-state index contributed by atoms with van der Waals surface area (Å²) in [5, 5.41) is 0. The molecule has 4 rings (SSSR count). The number of ether oxygens (including phenoxy) is 2. The van der Waals surface area contributed by atoms with Crippen molar-refractivity contribution in [3.8, 4) is 11.5 Å². The summed E-state index contributed by atoms with van der Waals surface area (Å²) in [6.45, 7) is 10.5. The van der Waals surface area contributed by atoms with E-state index in [1.54, 1.807) is 0 Å². The minimum atomic E-state index is 0.139. The molecule has 3 aromatic carbocycles. The maximum absolute atomic E-state index is 6.05. The van der Waals surface area contributed by atoms with E-state index in [1.165, 1.54) is 11.1 Å². The fraction of sp³-hybridized carbons (Fsp3) is 0.321. The van der Waals surface area contributed by atoms with Crippen LogP contribution in [0.5, 0.6) is 11.5 Å². The Morgan fingerprint density at radius 2 is 1.47 bits per heavy atom. The highest BCUT2D eigenvalue weighted by atomic mass is 16.5. The fourth-order valence-electron chi connectivity index (χ4n) is 3.76. The summed E-state index contributed by atoms with van der Waals surface area (Å²) in [4.78, 5) is 4.81. The zero-order chi connectivity index (χ0) is 22.6. The van der Waals surface area contributed by atoms with Gasteiger partial charge in [-0.25, -0.2) is 4.98 Å². The van der Waals surface area contributed by atoms with Crippen molar-refractivity contribution in [1.82, 2.24) is 9.55 Å². The van der Waals surface area contributed by atoms with E-state index in [2.05, 4.69) is 74.7 Å². The first kappa shape index (κ1) is 21.9. The first-order valence-corrected chi connectivity index (χ1v) is 11.3. The maximum Gasteiger partial charge on any atom is 0.148 e. The molecule has 4 nitrogen and oxygen atoms in total. The Labute approximate surface area is 190 Å². The van der Waals surface area contributed by atoms with Gasteiger partial charge in [0.2, 0.25) is 0 Å². The molecule has 0 atom stereocenters. The molecule has 0 unspecified atom stereocenters. The van der Waals surface area contributed by atoms with Gasteiger partial charge in [-0.05, 0) is 59.4 Å². The van der Waals surface area contributed by atoms with Gasteiger partial charge in [0.25, 0.3) is 0 Å². The Hall–Kier alpha value is -3.27. The van der Waals surface area contributed by atoms with Crippen molar-refractivity contribution in [1.29, 1.82) is 0 Å². The van der Waals surface area contributed by atoms with Crippen LogP contribution in [0.15, 0.2) is 72.8 Å². The SMILES string of the molecule is CCc1ccc(OCc2nc3ccccc3n2CCOc2ccc(C(C)(C)C)cc2)cc1. The van der Waals surface area contributed by atoms with Gasteiger partial charge < -0.3 is 14.0 Å². The molecule has 4 heteroatoms. The van der Waals surface area contributed by atoms with Crippen LogP contribution < -0.4 is 9.47 Å². The number of aryl methyl sites for hydroxylation is 1. The highest BCUT2D eigenvalue weighted by Crippen LogP contribution is 2.24. The number of nitrogens with zero attached hydrogens (tertiary/aromatic N) is 2. The second-order valence-electron chi connectivity index (χ2n) is 9.08. The number of rotatable bonds is 8. The van der Waals surface area contributed by atoms with Gasteiger partial charge in [0.05, 0.1) is 17.6 Å². The number of aromatic nitrogens is 2. The maximum atomic E-state index is 6.05. The van der Waals surface area contributed by atoms with E-state index < -0.39 is 0 Å². The van der Waals surface area contributed by atoms with E-state index in [4.69, 9.17) is 14.5 Å².